The fourth-order valence-corrected chi connectivity index (χ4v) is 1.52. The van der Waals surface area contributed by atoms with Gasteiger partial charge in [-0.2, -0.15) is 0 Å². The van der Waals surface area contributed by atoms with Crippen LogP contribution in [0.2, 0.25) is 0 Å². The molecule has 0 bridgehead atoms. The lowest BCUT2D eigenvalue weighted by Gasteiger charge is -2.19. The molecule has 0 aliphatic rings. The van der Waals surface area contributed by atoms with Crippen LogP contribution in [0.15, 0.2) is 18.2 Å². The number of nitrogen functional groups attached to an aromatic ring is 1. The molecule has 94 valence electrons. The van der Waals surface area contributed by atoms with Gasteiger partial charge in [0.25, 0.3) is 0 Å². The summed E-state index contributed by atoms with van der Waals surface area (Å²) in [6, 6.07) is 5.78. The van der Waals surface area contributed by atoms with Crippen LogP contribution < -0.4 is 16.0 Å². The van der Waals surface area contributed by atoms with E-state index in [-0.39, 0.29) is 5.91 Å². The molecule has 1 amide bonds. The second-order valence-electron chi connectivity index (χ2n) is 4.25. The van der Waals surface area contributed by atoms with Crippen LogP contribution in [-0.2, 0) is 4.79 Å². The summed E-state index contributed by atoms with van der Waals surface area (Å²) < 4.78 is 0. The topological polar surface area (TPSA) is 58.4 Å². The Hall–Kier alpha value is -1.71. The Kier molecular flexibility index (Phi) is 4.82. The highest BCUT2D eigenvalue weighted by atomic mass is 16.2. The van der Waals surface area contributed by atoms with Crippen LogP contribution in [-0.4, -0.2) is 26.0 Å². The molecule has 1 rings (SSSR count). The van der Waals surface area contributed by atoms with Gasteiger partial charge < -0.3 is 16.0 Å². The quantitative estimate of drug-likeness (QED) is 0.761. The molecule has 3 N–H and O–H groups in total. The van der Waals surface area contributed by atoms with Crippen molar-refractivity contribution in [2.45, 2.75) is 20.3 Å². The van der Waals surface area contributed by atoms with Crippen molar-refractivity contribution in [1.29, 1.82) is 0 Å². The summed E-state index contributed by atoms with van der Waals surface area (Å²) in [5.74, 6) is 0.0452. The van der Waals surface area contributed by atoms with Crippen molar-refractivity contribution >= 4 is 17.3 Å². The Morgan fingerprint density at radius 3 is 2.76 bits per heavy atom. The summed E-state index contributed by atoms with van der Waals surface area (Å²) in [5, 5.41) is 2.85. The highest BCUT2D eigenvalue weighted by molar-refractivity contribution is 5.81. The minimum absolute atomic E-state index is 0.0452. The predicted molar refractivity (Wildman–Crippen MR) is 72.2 cm³/mol. The normalized spacial score (nSPS) is 10.1. The van der Waals surface area contributed by atoms with E-state index in [0.717, 1.165) is 29.9 Å². The Bertz CT molecular complexity index is 390. The van der Waals surface area contributed by atoms with Gasteiger partial charge in [-0.3, -0.25) is 4.79 Å². The number of carbonyl (C=O) groups excluding carboxylic acids is 1. The summed E-state index contributed by atoms with van der Waals surface area (Å²) in [6.45, 7) is 5.09. The van der Waals surface area contributed by atoms with Gasteiger partial charge in [-0.05, 0) is 37.1 Å². The molecule has 0 aliphatic carbocycles. The Balaban J connectivity index is 2.60. The highest BCUT2D eigenvalue weighted by Crippen LogP contribution is 2.19. The van der Waals surface area contributed by atoms with Gasteiger partial charge in [0.05, 0.1) is 6.54 Å². The van der Waals surface area contributed by atoms with Crippen LogP contribution in [0.25, 0.3) is 0 Å². The first-order chi connectivity index (χ1) is 8.04. The summed E-state index contributed by atoms with van der Waals surface area (Å²) in [4.78, 5) is 13.5. The molecule has 17 heavy (non-hydrogen) atoms. The number of nitrogens with one attached hydrogen (secondary N) is 1. The Morgan fingerprint density at radius 1 is 1.47 bits per heavy atom. The zero-order valence-corrected chi connectivity index (χ0v) is 10.8. The summed E-state index contributed by atoms with van der Waals surface area (Å²) >= 11 is 0. The molecule has 0 unspecified atom stereocenters. The number of hydrogen-bond acceptors (Lipinski definition) is 3. The number of likely N-dealkylation sites (N-methyl/N-ethyl adjacent to an activating group) is 1. The maximum absolute atomic E-state index is 11.6. The fourth-order valence-electron chi connectivity index (χ4n) is 1.52. The number of anilines is 2. The first kappa shape index (κ1) is 13.4. The van der Waals surface area contributed by atoms with E-state index in [9.17, 15) is 4.79 Å². The fraction of sp³-hybridized carbons (Fsp3) is 0.462. The van der Waals surface area contributed by atoms with Gasteiger partial charge in [0.1, 0.15) is 0 Å². The molecule has 0 aromatic heterocycles. The minimum atomic E-state index is 0.0452. The van der Waals surface area contributed by atoms with Gasteiger partial charge >= 0.3 is 0 Å². The smallest absolute Gasteiger partial charge is 0.239 e. The third-order valence-electron chi connectivity index (χ3n) is 2.65. The van der Waals surface area contributed by atoms with Crippen molar-refractivity contribution in [3.63, 3.8) is 0 Å². The zero-order chi connectivity index (χ0) is 12.8. The van der Waals surface area contributed by atoms with E-state index in [1.807, 2.05) is 44.0 Å². The number of benzene rings is 1. The number of rotatable bonds is 5. The van der Waals surface area contributed by atoms with E-state index in [1.165, 1.54) is 0 Å². The second-order valence-corrected chi connectivity index (χ2v) is 4.25. The highest BCUT2D eigenvalue weighted by Gasteiger charge is 2.07. The molecule has 0 fully saturated rings. The molecule has 1 aromatic rings. The lowest BCUT2D eigenvalue weighted by molar-refractivity contribution is -0.119. The number of carbonyl (C=O) groups is 1. The van der Waals surface area contributed by atoms with Crippen LogP contribution in [0.3, 0.4) is 0 Å². The average molecular weight is 235 g/mol. The van der Waals surface area contributed by atoms with E-state index in [2.05, 4.69) is 5.32 Å². The predicted octanol–water partition coefficient (Wildman–Crippen LogP) is 1.54. The number of hydrogen-bond donors (Lipinski definition) is 2. The molecule has 0 saturated heterocycles. The van der Waals surface area contributed by atoms with Crippen LogP contribution in [0.4, 0.5) is 11.4 Å². The summed E-state index contributed by atoms with van der Waals surface area (Å²) in [6.07, 6.45) is 0.955. The number of amides is 1. The van der Waals surface area contributed by atoms with Crippen LogP contribution >= 0.6 is 0 Å². The number of nitrogens with two attached hydrogens (primary N) is 1. The molecular formula is C13H21N3O. The second kappa shape index (κ2) is 6.13. The van der Waals surface area contributed by atoms with Gasteiger partial charge in [-0.25, -0.2) is 0 Å². The third kappa shape index (κ3) is 3.98. The lowest BCUT2D eigenvalue weighted by Crippen LogP contribution is -2.35. The molecule has 4 heteroatoms. The van der Waals surface area contributed by atoms with Crippen molar-refractivity contribution in [2.24, 2.45) is 0 Å². The average Bonchev–Trinajstić information content (AvgIpc) is 2.30. The Morgan fingerprint density at radius 2 is 2.18 bits per heavy atom. The SMILES string of the molecule is CCCNC(=O)CN(C)c1ccc(N)c(C)c1. The third-order valence-corrected chi connectivity index (χ3v) is 2.65. The molecule has 1 aromatic carbocycles. The van der Waals surface area contributed by atoms with Gasteiger partial charge in [0.15, 0.2) is 0 Å². The van der Waals surface area contributed by atoms with Crippen LogP contribution in [0.5, 0.6) is 0 Å². The van der Waals surface area contributed by atoms with E-state index >= 15 is 0 Å². The number of aryl methyl sites for hydroxylation is 1. The van der Waals surface area contributed by atoms with Crippen molar-refractivity contribution in [3.8, 4) is 0 Å². The molecule has 0 radical (unpaired) electrons. The van der Waals surface area contributed by atoms with E-state index in [0.29, 0.717) is 6.54 Å². The van der Waals surface area contributed by atoms with Gasteiger partial charge in [-0.15, -0.1) is 0 Å². The van der Waals surface area contributed by atoms with Crippen molar-refractivity contribution < 1.29 is 4.79 Å². The minimum Gasteiger partial charge on any atom is -0.399 e. The van der Waals surface area contributed by atoms with Crippen molar-refractivity contribution in [3.05, 3.63) is 23.8 Å². The van der Waals surface area contributed by atoms with Crippen LogP contribution in [0.1, 0.15) is 18.9 Å². The first-order valence-corrected chi connectivity index (χ1v) is 5.88. The zero-order valence-electron chi connectivity index (χ0n) is 10.8. The van der Waals surface area contributed by atoms with Crippen molar-refractivity contribution in [2.75, 3.05) is 30.8 Å². The van der Waals surface area contributed by atoms with Gasteiger partial charge in [0.2, 0.25) is 5.91 Å². The van der Waals surface area contributed by atoms with Gasteiger partial charge in [-0.1, -0.05) is 6.92 Å². The standard InChI is InChI=1S/C13H21N3O/c1-4-7-15-13(17)9-16(3)11-5-6-12(14)10(2)8-11/h5-6,8H,4,7,9,14H2,1-3H3,(H,15,17). The molecule has 0 saturated carbocycles. The summed E-state index contributed by atoms with van der Waals surface area (Å²) in [5.41, 5.74) is 8.57. The van der Waals surface area contributed by atoms with E-state index in [4.69, 9.17) is 5.73 Å². The maximum atomic E-state index is 11.6. The largest absolute Gasteiger partial charge is 0.399 e. The monoisotopic (exact) mass is 235 g/mol. The first-order valence-electron chi connectivity index (χ1n) is 5.88. The van der Waals surface area contributed by atoms with E-state index in [1.54, 1.807) is 0 Å². The van der Waals surface area contributed by atoms with Crippen LogP contribution in [0, 0.1) is 6.92 Å². The molecule has 0 atom stereocenters. The lowest BCUT2D eigenvalue weighted by atomic mass is 10.1. The Labute approximate surface area is 103 Å². The van der Waals surface area contributed by atoms with Crippen molar-refractivity contribution in [1.82, 2.24) is 5.32 Å². The number of nitrogens with zero attached hydrogens (tertiary/aromatic N) is 1. The molecular weight excluding hydrogens is 214 g/mol. The van der Waals surface area contributed by atoms with E-state index < -0.39 is 0 Å². The maximum Gasteiger partial charge on any atom is 0.239 e. The molecule has 0 spiro atoms. The van der Waals surface area contributed by atoms with Gasteiger partial charge in [0, 0.05) is 25.0 Å². The molecule has 4 nitrogen and oxygen atoms in total. The molecule has 0 aliphatic heterocycles. The molecule has 0 heterocycles. The summed E-state index contributed by atoms with van der Waals surface area (Å²) in [7, 11) is 1.90.